The van der Waals surface area contributed by atoms with Crippen molar-refractivity contribution in [2.75, 3.05) is 6.61 Å². The van der Waals surface area contributed by atoms with E-state index < -0.39 is 12.3 Å². The molecular formula is C22H38O6. The van der Waals surface area contributed by atoms with Crippen LogP contribution in [0.4, 0.5) is 9.59 Å². The van der Waals surface area contributed by atoms with Crippen molar-refractivity contribution >= 4 is 12.3 Å². The second-order valence-electron chi connectivity index (χ2n) is 8.62. The van der Waals surface area contributed by atoms with Crippen molar-refractivity contribution in [1.82, 2.24) is 0 Å². The molecule has 0 aromatic heterocycles. The van der Waals surface area contributed by atoms with Crippen LogP contribution in [0.25, 0.3) is 0 Å². The summed E-state index contributed by atoms with van der Waals surface area (Å²) in [5.74, 6) is 0.715. The Kier molecular flexibility index (Phi) is 10.5. The second-order valence-corrected chi connectivity index (χ2v) is 8.62. The smallest absolute Gasteiger partial charge is 0.434 e. The lowest BCUT2D eigenvalue weighted by atomic mass is 9.95. The van der Waals surface area contributed by atoms with Crippen molar-refractivity contribution < 1.29 is 28.5 Å². The van der Waals surface area contributed by atoms with Gasteiger partial charge in [0.2, 0.25) is 0 Å². The number of carbonyl (C=O) groups is 2. The Balaban J connectivity index is 1.57. The second kappa shape index (κ2) is 12.9. The normalized spacial score (nSPS) is 23.2. The van der Waals surface area contributed by atoms with Gasteiger partial charge < -0.3 is 18.9 Å². The van der Waals surface area contributed by atoms with E-state index in [9.17, 15) is 9.59 Å². The lowest BCUT2D eigenvalue weighted by Crippen LogP contribution is -2.33. The zero-order chi connectivity index (χ0) is 20.2. The van der Waals surface area contributed by atoms with Crippen molar-refractivity contribution in [3.8, 4) is 0 Å². The molecule has 0 heterocycles. The highest BCUT2D eigenvalue weighted by Crippen LogP contribution is 2.26. The van der Waals surface area contributed by atoms with E-state index in [1.54, 1.807) is 0 Å². The molecule has 0 aliphatic heterocycles. The first kappa shape index (κ1) is 22.8. The van der Waals surface area contributed by atoms with E-state index in [2.05, 4.69) is 13.8 Å². The molecule has 2 atom stereocenters. The molecule has 2 unspecified atom stereocenters. The van der Waals surface area contributed by atoms with Crippen LogP contribution >= 0.6 is 0 Å². The van der Waals surface area contributed by atoms with E-state index in [4.69, 9.17) is 18.9 Å². The number of hydrogen-bond donors (Lipinski definition) is 0. The van der Waals surface area contributed by atoms with Gasteiger partial charge in [0.1, 0.15) is 18.3 Å². The van der Waals surface area contributed by atoms with Crippen LogP contribution in [0.15, 0.2) is 0 Å². The fraction of sp³-hybridized carbons (Fsp3) is 0.909. The predicted octanol–water partition coefficient (Wildman–Crippen LogP) is 6.15. The SMILES string of the molecule is CC(C)CCCCCOC(=O)OC1CCCC(OC(=O)OC2CCCCC2)C1. The van der Waals surface area contributed by atoms with Gasteiger partial charge in [-0.05, 0) is 57.3 Å². The van der Waals surface area contributed by atoms with Crippen LogP contribution in [0.2, 0.25) is 0 Å². The molecule has 0 aromatic rings. The van der Waals surface area contributed by atoms with Gasteiger partial charge in [-0.25, -0.2) is 9.59 Å². The maximum absolute atomic E-state index is 12.0. The van der Waals surface area contributed by atoms with E-state index in [0.29, 0.717) is 18.9 Å². The van der Waals surface area contributed by atoms with Crippen LogP contribution < -0.4 is 0 Å². The zero-order valence-corrected chi connectivity index (χ0v) is 17.7. The van der Waals surface area contributed by atoms with Gasteiger partial charge in [-0.2, -0.15) is 0 Å². The number of ether oxygens (including phenoxy) is 4. The highest BCUT2D eigenvalue weighted by atomic mass is 16.7. The van der Waals surface area contributed by atoms with E-state index in [-0.39, 0.29) is 18.3 Å². The Morgan fingerprint density at radius 1 is 0.750 bits per heavy atom. The Labute approximate surface area is 169 Å². The van der Waals surface area contributed by atoms with Crippen LogP contribution in [-0.4, -0.2) is 37.2 Å². The minimum atomic E-state index is -0.612. The topological polar surface area (TPSA) is 71.1 Å². The number of rotatable bonds is 9. The van der Waals surface area contributed by atoms with Crippen LogP contribution in [0.3, 0.4) is 0 Å². The zero-order valence-electron chi connectivity index (χ0n) is 17.7. The maximum Gasteiger partial charge on any atom is 0.508 e. The monoisotopic (exact) mass is 398 g/mol. The lowest BCUT2D eigenvalue weighted by molar-refractivity contribution is -0.0467. The first-order valence-corrected chi connectivity index (χ1v) is 11.2. The molecule has 0 bridgehead atoms. The summed E-state index contributed by atoms with van der Waals surface area (Å²) in [7, 11) is 0. The van der Waals surface area contributed by atoms with Crippen LogP contribution in [0.1, 0.15) is 97.3 Å². The quantitative estimate of drug-likeness (QED) is 0.342. The summed E-state index contributed by atoms with van der Waals surface area (Å²) in [6.07, 6.45) is 10.8. The van der Waals surface area contributed by atoms with Crippen molar-refractivity contribution in [3.05, 3.63) is 0 Å². The summed E-state index contributed by atoms with van der Waals surface area (Å²) in [4.78, 5) is 23.9. The summed E-state index contributed by atoms with van der Waals surface area (Å²) in [6, 6.07) is 0. The number of carbonyl (C=O) groups excluding carboxylic acids is 2. The van der Waals surface area contributed by atoms with Crippen LogP contribution in [0, 0.1) is 5.92 Å². The predicted molar refractivity (Wildman–Crippen MR) is 106 cm³/mol. The molecule has 2 saturated carbocycles. The summed E-state index contributed by atoms with van der Waals surface area (Å²) in [6.45, 7) is 4.83. The lowest BCUT2D eigenvalue weighted by Gasteiger charge is -2.29. The van der Waals surface area contributed by atoms with Gasteiger partial charge >= 0.3 is 12.3 Å². The van der Waals surface area contributed by atoms with Gasteiger partial charge in [-0.1, -0.05) is 39.5 Å². The third-order valence-corrected chi connectivity index (χ3v) is 5.56. The van der Waals surface area contributed by atoms with Crippen molar-refractivity contribution in [2.45, 2.75) is 116 Å². The molecule has 0 spiro atoms. The van der Waals surface area contributed by atoms with Crippen LogP contribution in [0.5, 0.6) is 0 Å². The van der Waals surface area contributed by atoms with E-state index >= 15 is 0 Å². The summed E-state index contributed by atoms with van der Waals surface area (Å²) in [5, 5.41) is 0. The molecule has 6 nitrogen and oxygen atoms in total. The van der Waals surface area contributed by atoms with Gasteiger partial charge in [0.25, 0.3) is 0 Å². The molecule has 2 aliphatic carbocycles. The summed E-state index contributed by atoms with van der Waals surface area (Å²) >= 11 is 0. The first-order chi connectivity index (χ1) is 13.5. The Morgan fingerprint density at radius 2 is 1.36 bits per heavy atom. The average Bonchev–Trinajstić information content (AvgIpc) is 2.65. The Bertz CT molecular complexity index is 458. The highest BCUT2D eigenvalue weighted by Gasteiger charge is 2.29. The van der Waals surface area contributed by atoms with Crippen molar-refractivity contribution in [3.63, 3.8) is 0 Å². The minimum absolute atomic E-state index is 0.00703. The largest absolute Gasteiger partial charge is 0.508 e. The number of unbranched alkanes of at least 4 members (excludes halogenated alkanes) is 2. The van der Waals surface area contributed by atoms with Gasteiger partial charge in [0, 0.05) is 6.42 Å². The molecule has 28 heavy (non-hydrogen) atoms. The van der Waals surface area contributed by atoms with Gasteiger partial charge in [-0.3, -0.25) is 0 Å². The first-order valence-electron chi connectivity index (χ1n) is 11.2. The fourth-order valence-electron chi connectivity index (χ4n) is 3.96. The van der Waals surface area contributed by atoms with Gasteiger partial charge in [-0.15, -0.1) is 0 Å². The van der Waals surface area contributed by atoms with Gasteiger partial charge in [0.05, 0.1) is 6.61 Å². The van der Waals surface area contributed by atoms with Crippen molar-refractivity contribution in [2.24, 2.45) is 5.92 Å². The molecular weight excluding hydrogens is 360 g/mol. The molecule has 162 valence electrons. The highest BCUT2D eigenvalue weighted by molar-refractivity contribution is 5.61. The molecule has 6 heteroatoms. The molecule has 0 aromatic carbocycles. The summed E-state index contributed by atoms with van der Waals surface area (Å²) in [5.41, 5.74) is 0. The molecule has 0 radical (unpaired) electrons. The average molecular weight is 399 g/mol. The minimum Gasteiger partial charge on any atom is -0.434 e. The summed E-state index contributed by atoms with van der Waals surface area (Å²) < 4.78 is 21.5. The standard InChI is InChI=1S/C22H38O6/c1-17(2)10-5-4-8-15-25-21(23)27-19-13-9-14-20(16-19)28-22(24)26-18-11-6-3-7-12-18/h17-20H,3-16H2,1-2H3. The molecule has 0 N–H and O–H groups in total. The number of hydrogen-bond acceptors (Lipinski definition) is 6. The third-order valence-electron chi connectivity index (χ3n) is 5.56. The van der Waals surface area contributed by atoms with E-state index in [0.717, 1.165) is 64.2 Å². The van der Waals surface area contributed by atoms with E-state index in [1.807, 2.05) is 0 Å². The molecule has 0 amide bonds. The molecule has 2 fully saturated rings. The Morgan fingerprint density at radius 3 is 2.04 bits per heavy atom. The van der Waals surface area contributed by atoms with Gasteiger partial charge in [0.15, 0.2) is 0 Å². The fourth-order valence-corrected chi connectivity index (χ4v) is 3.96. The molecule has 2 rings (SSSR count). The Hall–Kier alpha value is -1.46. The molecule has 0 saturated heterocycles. The maximum atomic E-state index is 12.0. The van der Waals surface area contributed by atoms with Crippen molar-refractivity contribution in [1.29, 1.82) is 0 Å². The van der Waals surface area contributed by atoms with E-state index in [1.165, 1.54) is 12.8 Å². The van der Waals surface area contributed by atoms with Crippen LogP contribution in [-0.2, 0) is 18.9 Å². The third kappa shape index (κ3) is 9.65. The molecule has 2 aliphatic rings.